The molecule has 6 heteroatoms. The lowest BCUT2D eigenvalue weighted by atomic mass is 10.2. The van der Waals surface area contributed by atoms with Crippen LogP contribution in [0, 0.1) is 17.1 Å². The maximum absolute atomic E-state index is 14.1. The normalized spacial score (nSPS) is 15.8. The minimum absolute atomic E-state index is 0.310. The van der Waals surface area contributed by atoms with Crippen molar-refractivity contribution in [1.29, 1.82) is 5.26 Å². The smallest absolute Gasteiger partial charge is 0.147 e. The molecule has 0 saturated carbocycles. The highest BCUT2D eigenvalue weighted by Crippen LogP contribution is 2.25. The first kappa shape index (κ1) is 15.5. The van der Waals surface area contributed by atoms with Gasteiger partial charge in [0.2, 0.25) is 0 Å². The monoisotopic (exact) mass is 379 g/mol. The Labute approximate surface area is 141 Å². The zero-order chi connectivity index (χ0) is 15.5. The van der Waals surface area contributed by atoms with Crippen LogP contribution in [0.25, 0.3) is 0 Å². The molecule has 3 rings (SSSR count). The van der Waals surface area contributed by atoms with Crippen LogP contribution in [-0.4, -0.2) is 31.1 Å². The molecule has 114 valence electrons. The second-order valence-corrected chi connectivity index (χ2v) is 7.79. The standard InChI is InChI=1S/C16H15BrFN3S/c17-16-4-2-13(22-16)11-20-5-7-21(8-6-20)15-3-1-12(10-19)9-14(15)18/h1-4,9H,5-8,11H2. The van der Waals surface area contributed by atoms with Crippen LogP contribution in [0.2, 0.25) is 0 Å². The molecule has 0 aliphatic carbocycles. The quantitative estimate of drug-likeness (QED) is 0.811. The van der Waals surface area contributed by atoms with Gasteiger partial charge in [0.05, 0.1) is 21.1 Å². The molecule has 1 aliphatic heterocycles. The Morgan fingerprint density at radius 3 is 2.55 bits per heavy atom. The average molecular weight is 380 g/mol. The van der Waals surface area contributed by atoms with E-state index >= 15 is 0 Å². The van der Waals surface area contributed by atoms with Crippen molar-refractivity contribution < 1.29 is 4.39 Å². The Morgan fingerprint density at radius 1 is 1.18 bits per heavy atom. The van der Waals surface area contributed by atoms with Crippen molar-refractivity contribution in [3.05, 3.63) is 50.4 Å². The summed E-state index contributed by atoms with van der Waals surface area (Å²) < 4.78 is 15.2. The summed E-state index contributed by atoms with van der Waals surface area (Å²) in [6.45, 7) is 4.37. The number of anilines is 1. The third-order valence-electron chi connectivity index (χ3n) is 3.80. The van der Waals surface area contributed by atoms with Gasteiger partial charge in [-0.05, 0) is 46.3 Å². The molecule has 3 nitrogen and oxygen atoms in total. The molecular formula is C16H15BrFN3S. The van der Waals surface area contributed by atoms with Crippen molar-refractivity contribution in [3.8, 4) is 6.07 Å². The van der Waals surface area contributed by atoms with Crippen molar-refractivity contribution >= 4 is 33.0 Å². The highest BCUT2D eigenvalue weighted by atomic mass is 79.9. The van der Waals surface area contributed by atoms with E-state index in [1.54, 1.807) is 23.5 Å². The first-order valence-electron chi connectivity index (χ1n) is 7.07. The maximum atomic E-state index is 14.1. The number of nitriles is 1. The van der Waals surface area contributed by atoms with Gasteiger partial charge in [0.1, 0.15) is 5.82 Å². The van der Waals surface area contributed by atoms with Crippen molar-refractivity contribution in [1.82, 2.24) is 4.90 Å². The number of hydrogen-bond donors (Lipinski definition) is 0. The average Bonchev–Trinajstić information content (AvgIpc) is 2.93. The summed E-state index contributed by atoms with van der Waals surface area (Å²) in [6.07, 6.45) is 0. The molecule has 2 heterocycles. The molecule has 0 radical (unpaired) electrons. The molecule has 0 N–H and O–H groups in total. The fraction of sp³-hybridized carbons (Fsp3) is 0.312. The molecule has 1 fully saturated rings. The first-order chi connectivity index (χ1) is 10.7. The molecule has 1 saturated heterocycles. The van der Waals surface area contributed by atoms with Crippen LogP contribution in [0.15, 0.2) is 34.1 Å². The van der Waals surface area contributed by atoms with E-state index in [1.165, 1.54) is 10.9 Å². The molecule has 0 bridgehead atoms. The van der Waals surface area contributed by atoms with Gasteiger partial charge >= 0.3 is 0 Å². The van der Waals surface area contributed by atoms with Gasteiger partial charge < -0.3 is 4.90 Å². The Balaban J connectivity index is 1.61. The van der Waals surface area contributed by atoms with E-state index in [1.807, 2.05) is 6.07 Å². The fourth-order valence-electron chi connectivity index (χ4n) is 2.64. The minimum atomic E-state index is -0.310. The second-order valence-electron chi connectivity index (χ2n) is 5.25. The molecule has 0 unspecified atom stereocenters. The fourth-order valence-corrected chi connectivity index (χ4v) is 4.16. The summed E-state index contributed by atoms with van der Waals surface area (Å²) in [5, 5.41) is 8.80. The van der Waals surface area contributed by atoms with Crippen molar-refractivity contribution in [2.75, 3.05) is 31.1 Å². The van der Waals surface area contributed by atoms with E-state index in [9.17, 15) is 4.39 Å². The van der Waals surface area contributed by atoms with Crippen LogP contribution >= 0.6 is 27.3 Å². The molecular weight excluding hydrogens is 365 g/mol. The summed E-state index contributed by atoms with van der Waals surface area (Å²) in [6, 6.07) is 10.9. The van der Waals surface area contributed by atoms with E-state index < -0.39 is 0 Å². The highest BCUT2D eigenvalue weighted by molar-refractivity contribution is 9.11. The molecule has 0 atom stereocenters. The zero-order valence-corrected chi connectivity index (χ0v) is 14.3. The molecule has 0 amide bonds. The van der Waals surface area contributed by atoms with Crippen LogP contribution in [0.3, 0.4) is 0 Å². The topological polar surface area (TPSA) is 30.3 Å². The molecule has 1 aromatic carbocycles. The van der Waals surface area contributed by atoms with E-state index in [4.69, 9.17) is 5.26 Å². The molecule has 2 aromatic rings. The van der Waals surface area contributed by atoms with Gasteiger partial charge in [-0.15, -0.1) is 11.3 Å². The van der Waals surface area contributed by atoms with E-state index in [2.05, 4.69) is 37.9 Å². The summed E-state index contributed by atoms with van der Waals surface area (Å²) in [4.78, 5) is 5.78. The summed E-state index contributed by atoms with van der Waals surface area (Å²) in [7, 11) is 0. The van der Waals surface area contributed by atoms with Crippen LogP contribution in [0.5, 0.6) is 0 Å². The van der Waals surface area contributed by atoms with Crippen LogP contribution in [-0.2, 0) is 6.54 Å². The zero-order valence-electron chi connectivity index (χ0n) is 11.9. The Kier molecular flexibility index (Phi) is 4.77. The lowest BCUT2D eigenvalue weighted by molar-refractivity contribution is 0.251. The maximum Gasteiger partial charge on any atom is 0.147 e. The van der Waals surface area contributed by atoms with Gasteiger partial charge in [0, 0.05) is 37.6 Å². The van der Waals surface area contributed by atoms with Gasteiger partial charge in [-0.1, -0.05) is 0 Å². The molecule has 1 aromatic heterocycles. The predicted molar refractivity (Wildman–Crippen MR) is 90.6 cm³/mol. The van der Waals surface area contributed by atoms with Gasteiger partial charge in [0.25, 0.3) is 0 Å². The van der Waals surface area contributed by atoms with E-state index in [0.29, 0.717) is 11.3 Å². The number of halogens is 2. The minimum Gasteiger partial charge on any atom is -0.367 e. The Morgan fingerprint density at radius 2 is 1.95 bits per heavy atom. The van der Waals surface area contributed by atoms with Crippen LogP contribution in [0.4, 0.5) is 10.1 Å². The molecule has 1 aliphatic rings. The highest BCUT2D eigenvalue weighted by Gasteiger charge is 2.20. The van der Waals surface area contributed by atoms with Gasteiger partial charge in [-0.2, -0.15) is 5.26 Å². The van der Waals surface area contributed by atoms with Crippen LogP contribution < -0.4 is 4.90 Å². The van der Waals surface area contributed by atoms with Crippen molar-refractivity contribution in [2.24, 2.45) is 0 Å². The SMILES string of the molecule is N#Cc1ccc(N2CCN(Cc3ccc(Br)s3)CC2)c(F)c1. The summed E-state index contributed by atoms with van der Waals surface area (Å²) >= 11 is 5.24. The number of nitrogens with zero attached hydrogens (tertiary/aromatic N) is 3. The van der Waals surface area contributed by atoms with Gasteiger partial charge in [-0.3, -0.25) is 4.90 Å². The summed E-state index contributed by atoms with van der Waals surface area (Å²) in [5.41, 5.74) is 0.959. The van der Waals surface area contributed by atoms with E-state index in [-0.39, 0.29) is 5.82 Å². The van der Waals surface area contributed by atoms with Crippen molar-refractivity contribution in [2.45, 2.75) is 6.54 Å². The largest absolute Gasteiger partial charge is 0.367 e. The number of benzene rings is 1. The molecule has 0 spiro atoms. The first-order valence-corrected chi connectivity index (χ1v) is 8.68. The van der Waals surface area contributed by atoms with Gasteiger partial charge in [0.15, 0.2) is 0 Å². The van der Waals surface area contributed by atoms with Crippen LogP contribution in [0.1, 0.15) is 10.4 Å². The lowest BCUT2D eigenvalue weighted by Gasteiger charge is -2.36. The summed E-state index contributed by atoms with van der Waals surface area (Å²) in [5.74, 6) is -0.310. The number of thiophene rings is 1. The lowest BCUT2D eigenvalue weighted by Crippen LogP contribution is -2.46. The Hall–Kier alpha value is -1.42. The number of piperazine rings is 1. The second kappa shape index (κ2) is 6.78. The Bertz CT molecular complexity index is 702. The van der Waals surface area contributed by atoms with E-state index in [0.717, 1.165) is 36.5 Å². The molecule has 22 heavy (non-hydrogen) atoms. The number of hydrogen-bond acceptors (Lipinski definition) is 4. The third kappa shape index (κ3) is 3.49. The number of rotatable bonds is 3. The predicted octanol–water partition coefficient (Wildman–Crippen LogP) is 3.84. The van der Waals surface area contributed by atoms with Gasteiger partial charge in [-0.25, -0.2) is 4.39 Å². The van der Waals surface area contributed by atoms with Crippen molar-refractivity contribution in [3.63, 3.8) is 0 Å². The third-order valence-corrected chi connectivity index (χ3v) is 5.41.